The summed E-state index contributed by atoms with van der Waals surface area (Å²) < 4.78 is 17.8. The number of methoxy groups -OCH3 is 1. The number of alkyl halides is 1. The maximum atomic E-state index is 14.9. The minimum Gasteiger partial charge on any atom is -0.497 e. The van der Waals surface area contributed by atoms with Crippen LogP contribution in [-0.2, 0) is 28.7 Å². The zero-order chi connectivity index (χ0) is 34.6. The number of rotatable bonds is 15. The Hall–Kier alpha value is -4.00. The molecule has 3 aliphatic heterocycles. The quantitative estimate of drug-likeness (QED) is 0.161. The number of benzene rings is 2. The molecule has 3 amide bonds. The molecule has 1 unspecified atom stereocenters. The van der Waals surface area contributed by atoms with E-state index in [0.717, 1.165) is 0 Å². The summed E-state index contributed by atoms with van der Waals surface area (Å²) in [5, 5.41) is 13.5. The Bertz CT molecular complexity index is 1520. The number of anilines is 1. The van der Waals surface area contributed by atoms with Crippen LogP contribution >= 0.6 is 15.9 Å². The third-order valence-corrected chi connectivity index (χ3v) is 10.2. The highest BCUT2D eigenvalue weighted by molar-refractivity contribution is 9.09. The lowest BCUT2D eigenvalue weighted by molar-refractivity contribution is -0.159. The van der Waals surface area contributed by atoms with E-state index >= 15 is 0 Å². The molecule has 1 spiro atoms. The number of hydrogen-bond acceptors (Lipinski definition) is 8. The van der Waals surface area contributed by atoms with Crippen LogP contribution in [-0.4, -0.2) is 89.2 Å². The normalized spacial score (nSPS) is 26.7. The van der Waals surface area contributed by atoms with Crippen molar-refractivity contribution >= 4 is 45.3 Å². The highest BCUT2D eigenvalue weighted by atomic mass is 79.9. The number of aliphatic hydroxyl groups is 1. The number of hydrogen-bond donors (Lipinski definition) is 2. The van der Waals surface area contributed by atoms with Gasteiger partial charge in [-0.05, 0) is 49.6 Å². The molecule has 2 aromatic rings. The fraction of sp³-hybridized carbons (Fsp3) is 0.444. The second-order valence-corrected chi connectivity index (χ2v) is 13.5. The number of carbonyl (C=O) groups is 4. The first kappa shape index (κ1) is 35.3. The Labute approximate surface area is 289 Å². The molecule has 11 nitrogen and oxygen atoms in total. The van der Waals surface area contributed by atoms with Gasteiger partial charge in [-0.1, -0.05) is 58.4 Å². The summed E-state index contributed by atoms with van der Waals surface area (Å²) in [6, 6.07) is 13.9. The Morgan fingerprint density at radius 2 is 1.88 bits per heavy atom. The molecule has 0 radical (unpaired) electrons. The maximum absolute atomic E-state index is 14.9. The van der Waals surface area contributed by atoms with E-state index < -0.39 is 66.1 Å². The van der Waals surface area contributed by atoms with Gasteiger partial charge in [0.1, 0.15) is 23.5 Å². The van der Waals surface area contributed by atoms with E-state index in [1.54, 1.807) is 74.7 Å². The van der Waals surface area contributed by atoms with Gasteiger partial charge in [-0.15, -0.1) is 13.2 Å². The first-order valence-electron chi connectivity index (χ1n) is 16.1. The number of amides is 3. The van der Waals surface area contributed by atoms with Gasteiger partial charge in [0, 0.05) is 23.5 Å². The largest absolute Gasteiger partial charge is 0.497 e. The van der Waals surface area contributed by atoms with Crippen molar-refractivity contribution in [3.63, 3.8) is 0 Å². The SMILES string of the molecule is C=CCCC(=O)NC[C@@H](C)OC(=O)[C@H]1[C@@H]2O[C@@]3(CC2Br)[C@@H]1C(=O)N([C@H](CO)c1ccccc1)[C@@H]3C(=O)N(CC=C)c1ccc(OC)cc1. The van der Waals surface area contributed by atoms with Crippen molar-refractivity contribution < 1.29 is 38.5 Å². The van der Waals surface area contributed by atoms with E-state index in [1.807, 2.05) is 6.07 Å². The number of likely N-dealkylation sites (tertiary alicyclic amines) is 1. The number of carbonyl (C=O) groups excluding carboxylic acids is 4. The van der Waals surface area contributed by atoms with Crippen molar-refractivity contribution in [3.8, 4) is 5.75 Å². The van der Waals surface area contributed by atoms with Crippen LogP contribution < -0.4 is 15.0 Å². The van der Waals surface area contributed by atoms with Crippen LogP contribution in [0.5, 0.6) is 5.75 Å². The Balaban J connectivity index is 1.52. The van der Waals surface area contributed by atoms with Crippen LogP contribution in [0.25, 0.3) is 0 Å². The summed E-state index contributed by atoms with van der Waals surface area (Å²) in [5.41, 5.74) is -0.212. The third-order valence-electron chi connectivity index (χ3n) is 9.37. The number of halogens is 1. The molecule has 12 heteroatoms. The molecule has 2 aromatic carbocycles. The predicted octanol–water partition coefficient (Wildman–Crippen LogP) is 3.71. The topological polar surface area (TPSA) is 135 Å². The summed E-state index contributed by atoms with van der Waals surface area (Å²) in [7, 11) is 1.55. The lowest BCUT2D eigenvalue weighted by Gasteiger charge is -2.39. The van der Waals surface area contributed by atoms with Crippen molar-refractivity contribution in [3.05, 3.63) is 85.5 Å². The Kier molecular flexibility index (Phi) is 11.1. The van der Waals surface area contributed by atoms with E-state index in [9.17, 15) is 24.3 Å². The highest BCUT2D eigenvalue weighted by Gasteiger charge is 2.77. The molecule has 2 N–H and O–H groups in total. The molecule has 3 fully saturated rings. The van der Waals surface area contributed by atoms with Gasteiger partial charge < -0.3 is 34.4 Å². The van der Waals surface area contributed by atoms with Crippen LogP contribution in [0, 0.1) is 11.8 Å². The maximum Gasteiger partial charge on any atom is 0.312 e. The molecule has 8 atom stereocenters. The second-order valence-electron chi connectivity index (χ2n) is 12.3. The molecular formula is C36H42BrN3O8. The molecule has 0 saturated carbocycles. The smallest absolute Gasteiger partial charge is 0.312 e. The van der Waals surface area contributed by atoms with Gasteiger partial charge in [-0.2, -0.15) is 0 Å². The van der Waals surface area contributed by atoms with Crippen LogP contribution in [0.1, 0.15) is 37.8 Å². The molecule has 256 valence electrons. The fourth-order valence-corrected chi connectivity index (χ4v) is 8.18. The lowest BCUT2D eigenvalue weighted by atomic mass is 9.70. The number of nitrogens with zero attached hydrogens (tertiary/aromatic N) is 2. The van der Waals surface area contributed by atoms with E-state index in [1.165, 1.54) is 9.80 Å². The number of esters is 1. The van der Waals surface area contributed by atoms with E-state index in [4.69, 9.17) is 14.2 Å². The molecular weight excluding hydrogens is 682 g/mol. The van der Waals surface area contributed by atoms with Gasteiger partial charge in [-0.25, -0.2) is 0 Å². The molecule has 2 bridgehead atoms. The Morgan fingerprint density at radius 1 is 1.17 bits per heavy atom. The summed E-state index contributed by atoms with van der Waals surface area (Å²) in [5.74, 6) is -3.22. The number of aliphatic hydroxyl groups excluding tert-OH is 1. The van der Waals surface area contributed by atoms with Gasteiger partial charge >= 0.3 is 5.97 Å². The number of fused-ring (bicyclic) bond motifs is 1. The minimum atomic E-state index is -1.40. The first-order valence-corrected chi connectivity index (χ1v) is 17.0. The molecule has 0 aliphatic carbocycles. The average Bonchev–Trinajstić information content (AvgIpc) is 3.69. The second kappa shape index (κ2) is 15.0. The number of nitrogens with one attached hydrogen (secondary N) is 1. The fourth-order valence-electron chi connectivity index (χ4n) is 7.24. The summed E-state index contributed by atoms with van der Waals surface area (Å²) in [6.07, 6.45) is 2.89. The molecule has 3 saturated heterocycles. The van der Waals surface area contributed by atoms with Gasteiger partial charge in [0.05, 0.1) is 44.2 Å². The van der Waals surface area contributed by atoms with Crippen LogP contribution in [0.3, 0.4) is 0 Å². The number of allylic oxidation sites excluding steroid dienone is 1. The van der Waals surface area contributed by atoms with Crippen LogP contribution in [0.2, 0.25) is 0 Å². The standard InChI is InChI=1S/C36H42BrN3O8/c1-5-7-13-28(42)38-20-22(3)47-35(45)29-30-33(43)40(27(21-41)23-11-9-8-10-12-23)32(36(30)19-26(37)31(29)48-36)34(44)39(18-6-2)24-14-16-25(46-4)17-15-24/h5-6,8-12,14-17,22,26-27,29-32,41H,1-2,7,13,18-21H2,3-4H3,(H,38,42)/t22-,26?,27-,29-,30+,31-,32-,36+/m1/s1. The highest BCUT2D eigenvalue weighted by Crippen LogP contribution is 2.61. The first-order chi connectivity index (χ1) is 23.1. The zero-order valence-corrected chi connectivity index (χ0v) is 28.7. The monoisotopic (exact) mass is 723 g/mol. The van der Waals surface area contributed by atoms with Crippen molar-refractivity contribution in [2.24, 2.45) is 11.8 Å². The van der Waals surface area contributed by atoms with E-state index in [2.05, 4.69) is 34.4 Å². The van der Waals surface area contributed by atoms with Gasteiger partial charge in [0.25, 0.3) is 5.91 Å². The van der Waals surface area contributed by atoms with E-state index in [0.29, 0.717) is 23.4 Å². The van der Waals surface area contributed by atoms with Gasteiger partial charge in [-0.3, -0.25) is 19.2 Å². The van der Waals surface area contributed by atoms with Crippen molar-refractivity contribution in [1.29, 1.82) is 0 Å². The summed E-state index contributed by atoms with van der Waals surface area (Å²) >= 11 is 3.69. The molecule has 0 aromatic heterocycles. The third kappa shape index (κ3) is 6.53. The Morgan fingerprint density at radius 3 is 2.50 bits per heavy atom. The zero-order valence-electron chi connectivity index (χ0n) is 27.1. The molecule has 3 aliphatic rings. The number of ether oxygens (including phenoxy) is 3. The minimum absolute atomic E-state index is 0.0909. The lowest BCUT2D eigenvalue weighted by Crippen LogP contribution is -2.57. The van der Waals surface area contributed by atoms with Crippen LogP contribution in [0.15, 0.2) is 79.9 Å². The van der Waals surface area contributed by atoms with Gasteiger partial charge in [0.15, 0.2) is 0 Å². The van der Waals surface area contributed by atoms with Crippen molar-refractivity contribution in [1.82, 2.24) is 10.2 Å². The van der Waals surface area contributed by atoms with Gasteiger partial charge in [0.2, 0.25) is 11.8 Å². The molecule has 5 rings (SSSR count). The van der Waals surface area contributed by atoms with E-state index in [-0.39, 0.29) is 36.7 Å². The van der Waals surface area contributed by atoms with Crippen molar-refractivity contribution in [2.45, 2.75) is 60.9 Å². The molecule has 3 heterocycles. The van der Waals surface area contributed by atoms with Crippen molar-refractivity contribution in [2.75, 3.05) is 31.7 Å². The average molecular weight is 725 g/mol. The summed E-state index contributed by atoms with van der Waals surface area (Å²) in [6.45, 7) is 8.89. The predicted molar refractivity (Wildman–Crippen MR) is 182 cm³/mol. The molecule has 48 heavy (non-hydrogen) atoms. The summed E-state index contributed by atoms with van der Waals surface area (Å²) in [4.78, 5) is 58.3. The van der Waals surface area contributed by atoms with Crippen LogP contribution in [0.4, 0.5) is 5.69 Å².